The predicted octanol–water partition coefficient (Wildman–Crippen LogP) is 4.36. The van der Waals surface area contributed by atoms with Crippen molar-refractivity contribution in [3.05, 3.63) is 65.0 Å². The minimum Gasteiger partial charge on any atom is -0.478 e. The number of carboxylic acids is 1. The Balaban J connectivity index is 2.29. The second-order valence-corrected chi connectivity index (χ2v) is 5.42. The molecule has 1 N–H and O–H groups in total. The first-order valence-electron chi connectivity index (χ1n) is 7.06. The maximum Gasteiger partial charge on any atom is 0.337 e. The highest BCUT2D eigenvalue weighted by Gasteiger charge is 2.20. The highest BCUT2D eigenvalue weighted by atomic mass is 16.4. The lowest BCUT2D eigenvalue weighted by atomic mass is 10.1. The van der Waals surface area contributed by atoms with Crippen LogP contribution in [0.4, 0.5) is 0 Å². The van der Waals surface area contributed by atoms with Gasteiger partial charge in [0.15, 0.2) is 5.76 Å². The Labute approximate surface area is 128 Å². The van der Waals surface area contributed by atoms with Gasteiger partial charge in [-0.25, -0.2) is 4.79 Å². The zero-order chi connectivity index (χ0) is 15.9. The minimum atomic E-state index is -0.937. The Morgan fingerprint density at radius 3 is 2.45 bits per heavy atom. The molecule has 3 aromatic rings. The molecular formula is C18H17NO3. The van der Waals surface area contributed by atoms with E-state index in [0.717, 1.165) is 16.9 Å². The third-order valence-corrected chi connectivity index (χ3v) is 4.00. The monoisotopic (exact) mass is 295 g/mol. The van der Waals surface area contributed by atoms with Crippen LogP contribution >= 0.6 is 0 Å². The van der Waals surface area contributed by atoms with E-state index in [0.29, 0.717) is 11.5 Å². The molecule has 22 heavy (non-hydrogen) atoms. The van der Waals surface area contributed by atoms with Gasteiger partial charge in [-0.2, -0.15) is 0 Å². The molecule has 0 bridgehead atoms. The average molecular weight is 295 g/mol. The second kappa shape index (κ2) is 5.22. The highest BCUT2D eigenvalue weighted by molar-refractivity contribution is 5.91. The fraction of sp³-hybridized carbons (Fsp3) is 0.167. The maximum atomic E-state index is 11.5. The van der Waals surface area contributed by atoms with Crippen LogP contribution in [-0.4, -0.2) is 15.6 Å². The topological polar surface area (TPSA) is 55.4 Å². The van der Waals surface area contributed by atoms with Crippen LogP contribution in [0.3, 0.4) is 0 Å². The summed E-state index contributed by atoms with van der Waals surface area (Å²) in [5, 5.41) is 9.40. The Bertz CT molecular complexity index is 842. The minimum absolute atomic E-state index is 0.282. The van der Waals surface area contributed by atoms with Crippen LogP contribution in [0.1, 0.15) is 27.2 Å². The molecule has 0 amide bonds. The van der Waals surface area contributed by atoms with E-state index in [2.05, 4.69) is 13.0 Å². The summed E-state index contributed by atoms with van der Waals surface area (Å²) < 4.78 is 7.40. The molecule has 0 saturated heterocycles. The molecule has 0 fully saturated rings. The van der Waals surface area contributed by atoms with E-state index >= 15 is 0 Å². The summed E-state index contributed by atoms with van der Waals surface area (Å²) in [7, 11) is 0. The number of benzene rings is 1. The van der Waals surface area contributed by atoms with Crippen molar-refractivity contribution < 1.29 is 14.3 Å². The lowest BCUT2D eigenvalue weighted by Crippen LogP contribution is -2.03. The van der Waals surface area contributed by atoms with Gasteiger partial charge in [-0.15, -0.1) is 0 Å². The van der Waals surface area contributed by atoms with Crippen molar-refractivity contribution in [1.82, 2.24) is 4.57 Å². The van der Waals surface area contributed by atoms with Crippen LogP contribution in [0, 0.1) is 20.8 Å². The zero-order valence-electron chi connectivity index (χ0n) is 12.8. The van der Waals surface area contributed by atoms with E-state index in [1.165, 1.54) is 5.56 Å². The van der Waals surface area contributed by atoms with Gasteiger partial charge in [0, 0.05) is 11.4 Å². The van der Waals surface area contributed by atoms with Crippen LogP contribution in [0.2, 0.25) is 0 Å². The number of nitrogens with zero attached hydrogens (tertiary/aromatic N) is 1. The number of carboxylic acid groups (broad SMARTS) is 1. The van der Waals surface area contributed by atoms with Gasteiger partial charge in [-0.3, -0.25) is 0 Å². The molecule has 0 unspecified atom stereocenters. The smallest absolute Gasteiger partial charge is 0.337 e. The molecule has 2 aromatic heterocycles. The molecule has 0 spiro atoms. The first kappa shape index (κ1) is 14.2. The molecule has 112 valence electrons. The van der Waals surface area contributed by atoms with Crippen molar-refractivity contribution in [2.45, 2.75) is 20.8 Å². The SMILES string of the molecule is Cc1ccc(-n2c(-c3ccco3)cc(C(=O)O)c2C)cc1C. The Morgan fingerprint density at radius 2 is 1.86 bits per heavy atom. The second-order valence-electron chi connectivity index (χ2n) is 5.42. The normalized spacial score (nSPS) is 10.9. The van der Waals surface area contributed by atoms with Crippen LogP contribution in [0.5, 0.6) is 0 Å². The number of aromatic nitrogens is 1. The Morgan fingerprint density at radius 1 is 1.09 bits per heavy atom. The van der Waals surface area contributed by atoms with Crippen molar-refractivity contribution in [3.63, 3.8) is 0 Å². The third-order valence-electron chi connectivity index (χ3n) is 4.00. The van der Waals surface area contributed by atoms with Gasteiger partial charge in [-0.05, 0) is 62.2 Å². The quantitative estimate of drug-likeness (QED) is 0.781. The van der Waals surface area contributed by atoms with Gasteiger partial charge in [0.1, 0.15) is 0 Å². The number of hydrogen-bond donors (Lipinski definition) is 1. The molecule has 4 heteroatoms. The molecule has 3 rings (SSSR count). The molecule has 1 aromatic carbocycles. The van der Waals surface area contributed by atoms with Crippen LogP contribution in [-0.2, 0) is 0 Å². The summed E-state index contributed by atoms with van der Waals surface area (Å²) in [5.74, 6) is -0.290. The molecule has 0 atom stereocenters. The van der Waals surface area contributed by atoms with Crippen LogP contribution in [0.25, 0.3) is 17.1 Å². The summed E-state index contributed by atoms with van der Waals surface area (Å²) in [6.07, 6.45) is 1.59. The molecule has 0 aliphatic carbocycles. The first-order chi connectivity index (χ1) is 10.5. The van der Waals surface area contributed by atoms with Crippen LogP contribution < -0.4 is 0 Å². The van der Waals surface area contributed by atoms with Gasteiger partial charge in [-0.1, -0.05) is 6.07 Å². The standard InChI is InChI=1S/C18H17NO3/c1-11-6-7-14(9-12(11)2)19-13(3)15(18(20)21)10-16(19)17-5-4-8-22-17/h4-10H,1-3H3,(H,20,21). The van der Waals surface area contributed by atoms with Gasteiger partial charge in [0.05, 0.1) is 17.5 Å². The number of hydrogen-bond acceptors (Lipinski definition) is 2. The lowest BCUT2D eigenvalue weighted by molar-refractivity contribution is 0.0696. The van der Waals surface area contributed by atoms with Gasteiger partial charge in [0.25, 0.3) is 0 Å². The summed E-state index contributed by atoms with van der Waals surface area (Å²) in [4.78, 5) is 11.5. The third kappa shape index (κ3) is 2.22. The highest BCUT2D eigenvalue weighted by Crippen LogP contribution is 2.30. The van der Waals surface area contributed by atoms with E-state index < -0.39 is 5.97 Å². The van der Waals surface area contributed by atoms with Gasteiger partial charge < -0.3 is 14.1 Å². The van der Waals surface area contributed by atoms with E-state index in [9.17, 15) is 9.90 Å². The number of furan rings is 1. The summed E-state index contributed by atoms with van der Waals surface area (Å²) >= 11 is 0. The molecule has 0 aliphatic rings. The summed E-state index contributed by atoms with van der Waals surface area (Å²) in [6.45, 7) is 5.91. The fourth-order valence-corrected chi connectivity index (χ4v) is 2.63. The van der Waals surface area contributed by atoms with Crippen molar-refractivity contribution in [3.8, 4) is 17.1 Å². The molecule has 2 heterocycles. The molecular weight excluding hydrogens is 278 g/mol. The largest absolute Gasteiger partial charge is 0.478 e. The predicted molar refractivity (Wildman–Crippen MR) is 84.6 cm³/mol. The molecule has 0 saturated carbocycles. The lowest BCUT2D eigenvalue weighted by Gasteiger charge is -2.12. The summed E-state index contributed by atoms with van der Waals surface area (Å²) in [6, 6.07) is 11.4. The van der Waals surface area contributed by atoms with E-state index in [-0.39, 0.29) is 5.56 Å². The number of rotatable bonds is 3. The van der Waals surface area contributed by atoms with E-state index in [4.69, 9.17) is 4.42 Å². The molecule has 4 nitrogen and oxygen atoms in total. The number of carbonyl (C=O) groups is 1. The molecule has 0 aliphatic heterocycles. The maximum absolute atomic E-state index is 11.5. The first-order valence-corrected chi connectivity index (χ1v) is 7.06. The van der Waals surface area contributed by atoms with Crippen LogP contribution in [0.15, 0.2) is 47.1 Å². The zero-order valence-corrected chi connectivity index (χ0v) is 12.8. The Hall–Kier alpha value is -2.75. The number of aryl methyl sites for hydroxylation is 2. The fourth-order valence-electron chi connectivity index (χ4n) is 2.63. The van der Waals surface area contributed by atoms with Crippen molar-refractivity contribution in [2.75, 3.05) is 0 Å². The van der Waals surface area contributed by atoms with Gasteiger partial charge in [0.2, 0.25) is 0 Å². The van der Waals surface area contributed by atoms with Gasteiger partial charge >= 0.3 is 5.97 Å². The van der Waals surface area contributed by atoms with E-state index in [1.807, 2.05) is 36.6 Å². The van der Waals surface area contributed by atoms with Crippen molar-refractivity contribution in [1.29, 1.82) is 0 Å². The van der Waals surface area contributed by atoms with E-state index in [1.54, 1.807) is 18.4 Å². The van der Waals surface area contributed by atoms with Crippen molar-refractivity contribution in [2.24, 2.45) is 0 Å². The average Bonchev–Trinajstić information content (AvgIpc) is 3.09. The van der Waals surface area contributed by atoms with Crippen molar-refractivity contribution >= 4 is 5.97 Å². The Kier molecular flexibility index (Phi) is 3.37. The summed E-state index contributed by atoms with van der Waals surface area (Å²) in [5.41, 5.74) is 4.99. The molecule has 0 radical (unpaired) electrons. The number of aromatic carboxylic acids is 1.